The summed E-state index contributed by atoms with van der Waals surface area (Å²) >= 11 is 3.48. The minimum absolute atomic E-state index is 0.317. The highest BCUT2D eigenvalue weighted by molar-refractivity contribution is 9.10. The molecule has 3 aromatic rings. The second kappa shape index (κ2) is 8.03. The third-order valence-electron chi connectivity index (χ3n) is 5.44. The first-order valence-electron chi connectivity index (χ1n) is 9.69. The van der Waals surface area contributed by atoms with Gasteiger partial charge in [0, 0.05) is 35.5 Å². The molecule has 7 nitrogen and oxygen atoms in total. The number of rotatable bonds is 3. The maximum atomic E-state index is 13.4. The van der Waals surface area contributed by atoms with Gasteiger partial charge in [-0.3, -0.25) is 18.7 Å². The molecule has 0 unspecified atom stereocenters. The quantitative estimate of drug-likeness (QED) is 0.601. The van der Waals surface area contributed by atoms with Gasteiger partial charge >= 0.3 is 5.69 Å². The molecule has 0 saturated carbocycles. The number of aromatic nitrogens is 2. The Hall–Kier alpha value is -3.39. The molecule has 4 rings (SSSR count). The third-order valence-corrected chi connectivity index (χ3v) is 5.94. The van der Waals surface area contributed by atoms with Gasteiger partial charge in [-0.2, -0.15) is 0 Å². The van der Waals surface area contributed by atoms with E-state index in [0.29, 0.717) is 28.3 Å². The van der Waals surface area contributed by atoms with Gasteiger partial charge in [0.15, 0.2) is 0 Å². The van der Waals surface area contributed by atoms with E-state index in [9.17, 15) is 14.4 Å². The molecule has 1 aliphatic heterocycles. The summed E-state index contributed by atoms with van der Waals surface area (Å²) in [5.74, 6) is -0.572. The second-order valence-corrected chi connectivity index (χ2v) is 8.36. The smallest absolute Gasteiger partial charge is 0.332 e. The fourth-order valence-electron chi connectivity index (χ4n) is 3.93. The van der Waals surface area contributed by atoms with E-state index in [-0.39, 0.29) is 5.91 Å². The molecule has 0 saturated heterocycles. The lowest BCUT2D eigenvalue weighted by Gasteiger charge is -2.31. The van der Waals surface area contributed by atoms with Gasteiger partial charge in [-0.25, -0.2) is 4.79 Å². The molecule has 2 aromatic carbocycles. The standard InChI is InChI=1S/C23H21BrN4O3/c1-13-17(21(29)26-16-10-5-4-6-11-16)18(14-8-7-9-15(24)12-14)19-20(25-13)27(2)23(31)28(3)22(19)30/h4-12,18,25H,1-3H3,(H,26,29)/t18-/m1/s1. The number of nitrogens with zero attached hydrogens (tertiary/aromatic N) is 2. The summed E-state index contributed by atoms with van der Waals surface area (Å²) in [7, 11) is 3.05. The topological polar surface area (TPSA) is 85.1 Å². The minimum Gasteiger partial charge on any atom is -0.344 e. The van der Waals surface area contributed by atoms with Crippen LogP contribution >= 0.6 is 15.9 Å². The van der Waals surface area contributed by atoms with Crippen LogP contribution in [0.4, 0.5) is 11.5 Å². The number of anilines is 2. The number of para-hydroxylation sites is 1. The maximum absolute atomic E-state index is 13.4. The molecule has 8 heteroatoms. The Morgan fingerprint density at radius 1 is 1.03 bits per heavy atom. The van der Waals surface area contributed by atoms with Crippen LogP contribution in [-0.2, 0) is 18.9 Å². The van der Waals surface area contributed by atoms with Gasteiger partial charge in [-0.1, -0.05) is 46.3 Å². The van der Waals surface area contributed by atoms with Crippen LogP contribution in [0, 0.1) is 0 Å². The van der Waals surface area contributed by atoms with Gasteiger partial charge in [0.1, 0.15) is 5.82 Å². The van der Waals surface area contributed by atoms with Crippen molar-refractivity contribution >= 4 is 33.3 Å². The zero-order valence-corrected chi connectivity index (χ0v) is 18.9. The van der Waals surface area contributed by atoms with E-state index in [2.05, 4.69) is 26.6 Å². The highest BCUT2D eigenvalue weighted by Gasteiger charge is 2.36. The fraction of sp³-hybridized carbons (Fsp3) is 0.174. The predicted octanol–water partition coefficient (Wildman–Crippen LogP) is 3.32. The lowest BCUT2D eigenvalue weighted by molar-refractivity contribution is -0.113. The van der Waals surface area contributed by atoms with Crippen LogP contribution in [0.3, 0.4) is 0 Å². The minimum atomic E-state index is -0.650. The SMILES string of the molecule is CC1=C(C(=O)Nc2ccccc2)[C@@H](c2cccc(Br)c2)c2c(n(C)c(=O)n(C)c2=O)N1. The van der Waals surface area contributed by atoms with Gasteiger partial charge in [0.2, 0.25) is 0 Å². The van der Waals surface area contributed by atoms with Crippen molar-refractivity contribution in [3.8, 4) is 0 Å². The lowest BCUT2D eigenvalue weighted by Crippen LogP contribution is -2.43. The first kappa shape index (κ1) is 20.9. The summed E-state index contributed by atoms with van der Waals surface area (Å²) in [6, 6.07) is 16.6. The number of benzene rings is 2. The second-order valence-electron chi connectivity index (χ2n) is 7.44. The molecule has 1 atom stereocenters. The Kier molecular flexibility index (Phi) is 5.41. The van der Waals surface area contributed by atoms with Crippen molar-refractivity contribution in [1.82, 2.24) is 9.13 Å². The Bertz CT molecular complexity index is 1340. The third kappa shape index (κ3) is 3.63. The summed E-state index contributed by atoms with van der Waals surface area (Å²) < 4.78 is 3.29. The van der Waals surface area contributed by atoms with Crippen LogP contribution in [0.1, 0.15) is 24.0 Å². The fourth-order valence-corrected chi connectivity index (χ4v) is 4.35. The van der Waals surface area contributed by atoms with Crippen molar-refractivity contribution in [3.63, 3.8) is 0 Å². The molecular weight excluding hydrogens is 460 g/mol. The van der Waals surface area contributed by atoms with Crippen molar-refractivity contribution in [2.24, 2.45) is 14.1 Å². The Labute approximate surface area is 187 Å². The average molecular weight is 481 g/mol. The van der Waals surface area contributed by atoms with Gasteiger partial charge in [-0.15, -0.1) is 0 Å². The Morgan fingerprint density at radius 2 is 1.74 bits per heavy atom. The van der Waals surface area contributed by atoms with E-state index in [0.717, 1.165) is 14.6 Å². The molecule has 0 bridgehead atoms. The van der Waals surface area contributed by atoms with E-state index in [1.54, 1.807) is 26.1 Å². The van der Waals surface area contributed by atoms with Crippen molar-refractivity contribution in [2.75, 3.05) is 10.6 Å². The molecule has 1 aromatic heterocycles. The number of hydrogen-bond donors (Lipinski definition) is 2. The van der Waals surface area contributed by atoms with Crippen molar-refractivity contribution in [2.45, 2.75) is 12.8 Å². The summed E-state index contributed by atoms with van der Waals surface area (Å²) in [4.78, 5) is 39.1. The predicted molar refractivity (Wildman–Crippen MR) is 124 cm³/mol. The molecule has 0 aliphatic carbocycles. The first-order chi connectivity index (χ1) is 14.8. The van der Waals surface area contributed by atoms with E-state index in [4.69, 9.17) is 0 Å². The molecule has 31 heavy (non-hydrogen) atoms. The average Bonchev–Trinajstić information content (AvgIpc) is 2.76. The number of allylic oxidation sites excluding steroid dienone is 1. The zero-order chi connectivity index (χ0) is 22.3. The van der Waals surface area contributed by atoms with E-state index in [1.165, 1.54) is 11.6 Å². The van der Waals surface area contributed by atoms with Gasteiger partial charge in [0.25, 0.3) is 11.5 Å². The van der Waals surface area contributed by atoms with Crippen molar-refractivity contribution < 1.29 is 4.79 Å². The number of hydrogen-bond acceptors (Lipinski definition) is 4. The Balaban J connectivity index is 1.96. The van der Waals surface area contributed by atoms with E-state index >= 15 is 0 Å². The van der Waals surface area contributed by atoms with Crippen molar-refractivity contribution in [3.05, 3.63) is 102 Å². The molecule has 2 heterocycles. The first-order valence-corrected chi connectivity index (χ1v) is 10.5. The lowest BCUT2D eigenvalue weighted by atomic mass is 9.81. The zero-order valence-electron chi connectivity index (χ0n) is 17.3. The van der Waals surface area contributed by atoms with Crippen LogP contribution in [0.15, 0.2) is 79.9 Å². The highest BCUT2D eigenvalue weighted by Crippen LogP contribution is 2.40. The molecule has 2 N–H and O–H groups in total. The molecule has 0 radical (unpaired) electrons. The van der Waals surface area contributed by atoms with Gasteiger partial charge in [0.05, 0.1) is 11.5 Å². The normalized spacial score (nSPS) is 15.3. The number of amides is 1. The summed E-state index contributed by atoms with van der Waals surface area (Å²) in [6.45, 7) is 1.77. The highest BCUT2D eigenvalue weighted by atomic mass is 79.9. The van der Waals surface area contributed by atoms with Crippen molar-refractivity contribution in [1.29, 1.82) is 0 Å². The van der Waals surface area contributed by atoms with E-state index < -0.39 is 17.2 Å². The molecule has 1 aliphatic rings. The largest absolute Gasteiger partial charge is 0.344 e. The molecule has 1 amide bonds. The number of halogens is 1. The summed E-state index contributed by atoms with van der Waals surface area (Å²) in [5, 5.41) is 6.05. The number of carbonyl (C=O) groups excluding carboxylic acids is 1. The van der Waals surface area contributed by atoms with Crippen LogP contribution in [0.25, 0.3) is 0 Å². The molecular formula is C23H21BrN4O3. The number of fused-ring (bicyclic) bond motifs is 1. The summed E-state index contributed by atoms with van der Waals surface area (Å²) in [5.41, 5.74) is 1.90. The van der Waals surface area contributed by atoms with Crippen LogP contribution in [-0.4, -0.2) is 15.0 Å². The molecule has 0 fully saturated rings. The summed E-state index contributed by atoms with van der Waals surface area (Å²) in [6.07, 6.45) is 0. The molecule has 0 spiro atoms. The van der Waals surface area contributed by atoms with Gasteiger partial charge < -0.3 is 10.6 Å². The van der Waals surface area contributed by atoms with Crippen LogP contribution in [0.5, 0.6) is 0 Å². The Morgan fingerprint density at radius 3 is 2.42 bits per heavy atom. The molecule has 158 valence electrons. The van der Waals surface area contributed by atoms with Crippen LogP contribution < -0.4 is 21.9 Å². The maximum Gasteiger partial charge on any atom is 0.332 e. The number of carbonyl (C=O) groups is 1. The van der Waals surface area contributed by atoms with Crippen LogP contribution in [0.2, 0.25) is 0 Å². The van der Waals surface area contributed by atoms with Gasteiger partial charge in [-0.05, 0) is 36.8 Å². The monoisotopic (exact) mass is 480 g/mol. The number of nitrogens with one attached hydrogen (secondary N) is 2. The van der Waals surface area contributed by atoms with E-state index in [1.807, 2.05) is 42.5 Å².